The highest BCUT2D eigenvalue weighted by Gasteiger charge is 2.07. The van der Waals surface area contributed by atoms with E-state index in [-0.39, 0.29) is 12.2 Å². The summed E-state index contributed by atoms with van der Waals surface area (Å²) in [4.78, 5) is 10.7. The number of carbonyl (C=O) groups is 1. The van der Waals surface area contributed by atoms with Gasteiger partial charge in [-0.2, -0.15) is 5.26 Å². The van der Waals surface area contributed by atoms with Crippen LogP contribution in [0.25, 0.3) is 0 Å². The van der Waals surface area contributed by atoms with Crippen molar-refractivity contribution in [2.75, 3.05) is 7.11 Å². The highest BCUT2D eigenvalue weighted by atomic mass is 19.1. The predicted molar refractivity (Wildman–Crippen MR) is 73.8 cm³/mol. The van der Waals surface area contributed by atoms with E-state index >= 15 is 0 Å². The van der Waals surface area contributed by atoms with Crippen LogP contribution in [0.2, 0.25) is 0 Å². The lowest BCUT2D eigenvalue weighted by Gasteiger charge is -2.11. The summed E-state index contributed by atoms with van der Waals surface area (Å²) in [7, 11) is 1.47. The first-order valence-corrected chi connectivity index (χ1v) is 6.12. The van der Waals surface area contributed by atoms with Crippen molar-refractivity contribution in [2.24, 2.45) is 0 Å². The van der Waals surface area contributed by atoms with E-state index in [0.717, 1.165) is 0 Å². The van der Waals surface area contributed by atoms with Gasteiger partial charge in [0.15, 0.2) is 11.5 Å². The monoisotopic (exact) mass is 285 g/mol. The third-order valence-corrected chi connectivity index (χ3v) is 2.87. The minimum atomic E-state index is -0.561. The second-order valence-corrected chi connectivity index (χ2v) is 4.24. The molecule has 5 heteroatoms. The molecule has 0 heterocycles. The van der Waals surface area contributed by atoms with Gasteiger partial charge in [-0.1, -0.05) is 6.07 Å². The Morgan fingerprint density at radius 2 is 2.05 bits per heavy atom. The number of nitriles is 1. The van der Waals surface area contributed by atoms with Gasteiger partial charge in [-0.05, 0) is 35.9 Å². The molecule has 0 atom stereocenters. The van der Waals surface area contributed by atoms with E-state index < -0.39 is 5.82 Å². The maximum atomic E-state index is 13.2. The maximum Gasteiger partial charge on any atom is 0.161 e. The smallest absolute Gasteiger partial charge is 0.161 e. The molecule has 0 aliphatic carbocycles. The second kappa shape index (κ2) is 6.53. The Morgan fingerprint density at radius 3 is 2.71 bits per heavy atom. The Bertz CT molecular complexity index is 707. The van der Waals surface area contributed by atoms with Crippen molar-refractivity contribution >= 4 is 6.29 Å². The van der Waals surface area contributed by atoms with Gasteiger partial charge in [-0.15, -0.1) is 0 Å². The fraction of sp³-hybridized carbons (Fsp3) is 0.125. The summed E-state index contributed by atoms with van der Waals surface area (Å²) in [6.07, 6.45) is 0.714. The van der Waals surface area contributed by atoms with Crippen molar-refractivity contribution in [2.45, 2.75) is 6.61 Å². The minimum Gasteiger partial charge on any atom is -0.493 e. The lowest BCUT2D eigenvalue weighted by molar-refractivity contribution is 0.112. The molecule has 0 bridgehead atoms. The highest BCUT2D eigenvalue weighted by molar-refractivity contribution is 5.76. The van der Waals surface area contributed by atoms with E-state index in [0.29, 0.717) is 28.9 Å². The Hall–Kier alpha value is -2.87. The third-order valence-electron chi connectivity index (χ3n) is 2.87. The van der Waals surface area contributed by atoms with Gasteiger partial charge in [-0.25, -0.2) is 4.39 Å². The van der Waals surface area contributed by atoms with Gasteiger partial charge < -0.3 is 9.47 Å². The van der Waals surface area contributed by atoms with Gasteiger partial charge in [0.25, 0.3) is 0 Å². The molecule has 0 amide bonds. The van der Waals surface area contributed by atoms with Crippen LogP contribution >= 0.6 is 0 Å². The average Bonchev–Trinajstić information content (AvgIpc) is 2.53. The number of carbonyl (C=O) groups excluding carboxylic acids is 1. The summed E-state index contributed by atoms with van der Waals surface area (Å²) < 4.78 is 23.9. The van der Waals surface area contributed by atoms with E-state index in [4.69, 9.17) is 14.7 Å². The van der Waals surface area contributed by atoms with Crippen LogP contribution in [0, 0.1) is 17.1 Å². The van der Waals surface area contributed by atoms with Gasteiger partial charge in [0.05, 0.1) is 12.7 Å². The normalized spacial score (nSPS) is 9.76. The van der Waals surface area contributed by atoms with E-state index in [1.807, 2.05) is 0 Å². The number of hydrogen-bond acceptors (Lipinski definition) is 4. The van der Waals surface area contributed by atoms with Crippen molar-refractivity contribution < 1.29 is 18.7 Å². The Labute approximate surface area is 121 Å². The van der Waals surface area contributed by atoms with Crippen LogP contribution in [0.5, 0.6) is 11.5 Å². The molecule has 0 saturated carbocycles. The van der Waals surface area contributed by atoms with E-state index in [1.54, 1.807) is 30.3 Å². The first-order valence-electron chi connectivity index (χ1n) is 6.12. The zero-order valence-corrected chi connectivity index (χ0v) is 11.3. The Kier molecular flexibility index (Phi) is 4.52. The summed E-state index contributed by atoms with van der Waals surface area (Å²) in [5.74, 6) is 0.335. The van der Waals surface area contributed by atoms with E-state index in [1.165, 1.54) is 19.2 Å². The van der Waals surface area contributed by atoms with Crippen LogP contribution in [0.1, 0.15) is 21.5 Å². The fourth-order valence-corrected chi connectivity index (χ4v) is 1.79. The Morgan fingerprint density at radius 1 is 1.24 bits per heavy atom. The van der Waals surface area contributed by atoms with Crippen LogP contribution in [0.4, 0.5) is 4.39 Å². The van der Waals surface area contributed by atoms with Crippen molar-refractivity contribution in [3.8, 4) is 17.6 Å². The third kappa shape index (κ3) is 3.37. The molecule has 0 fully saturated rings. The van der Waals surface area contributed by atoms with Gasteiger partial charge >= 0.3 is 0 Å². The average molecular weight is 285 g/mol. The molecular weight excluding hydrogens is 273 g/mol. The zero-order valence-electron chi connectivity index (χ0n) is 11.3. The number of halogens is 1. The molecule has 0 radical (unpaired) electrons. The molecule has 2 rings (SSSR count). The lowest BCUT2D eigenvalue weighted by atomic mass is 10.1. The Balaban J connectivity index is 2.16. The molecule has 0 aromatic heterocycles. The molecule has 0 aliphatic heterocycles. The summed E-state index contributed by atoms with van der Waals surface area (Å²) in [5.41, 5.74) is 1.11. The zero-order chi connectivity index (χ0) is 15.2. The molecule has 4 nitrogen and oxygen atoms in total. The van der Waals surface area contributed by atoms with Crippen molar-refractivity contribution in [3.63, 3.8) is 0 Å². The largest absolute Gasteiger partial charge is 0.493 e. The van der Waals surface area contributed by atoms with E-state index in [2.05, 4.69) is 0 Å². The van der Waals surface area contributed by atoms with Crippen LogP contribution in [0.3, 0.4) is 0 Å². The van der Waals surface area contributed by atoms with Crippen molar-refractivity contribution in [1.82, 2.24) is 0 Å². The summed E-state index contributed by atoms with van der Waals surface area (Å²) >= 11 is 0. The lowest BCUT2D eigenvalue weighted by Crippen LogP contribution is -1.99. The van der Waals surface area contributed by atoms with Gasteiger partial charge in [0.2, 0.25) is 0 Å². The number of methoxy groups -OCH3 is 1. The van der Waals surface area contributed by atoms with Crippen LogP contribution in [-0.2, 0) is 6.61 Å². The first-order chi connectivity index (χ1) is 10.2. The molecule has 2 aromatic carbocycles. The summed E-state index contributed by atoms with van der Waals surface area (Å²) in [6, 6.07) is 10.8. The van der Waals surface area contributed by atoms with Gasteiger partial charge in [0.1, 0.15) is 24.8 Å². The molecule has 0 saturated heterocycles. The van der Waals surface area contributed by atoms with Gasteiger partial charge in [0, 0.05) is 5.56 Å². The standard InChI is InChI=1S/C16H12FNO3/c1-20-16-7-11(9-19)3-5-15(16)21-10-12-2-4-14(17)13(6-12)8-18/h2-7,9H,10H2,1H3. The number of nitrogens with zero attached hydrogens (tertiary/aromatic N) is 1. The highest BCUT2D eigenvalue weighted by Crippen LogP contribution is 2.28. The number of aldehydes is 1. The molecule has 106 valence electrons. The quantitative estimate of drug-likeness (QED) is 0.792. The van der Waals surface area contributed by atoms with E-state index in [9.17, 15) is 9.18 Å². The van der Waals surface area contributed by atoms with Crippen LogP contribution in [-0.4, -0.2) is 13.4 Å². The molecule has 0 spiro atoms. The maximum absolute atomic E-state index is 13.2. The van der Waals surface area contributed by atoms with Crippen LogP contribution < -0.4 is 9.47 Å². The topological polar surface area (TPSA) is 59.3 Å². The number of hydrogen-bond donors (Lipinski definition) is 0. The molecule has 0 aliphatic rings. The molecular formula is C16H12FNO3. The SMILES string of the molecule is COc1cc(C=O)ccc1OCc1ccc(F)c(C#N)c1. The predicted octanol–water partition coefficient (Wildman–Crippen LogP) is 3.10. The molecule has 2 aromatic rings. The van der Waals surface area contributed by atoms with Crippen molar-refractivity contribution in [3.05, 3.63) is 58.9 Å². The molecule has 0 N–H and O–H groups in total. The summed E-state index contributed by atoms with van der Waals surface area (Å²) in [5, 5.41) is 8.78. The second-order valence-electron chi connectivity index (χ2n) is 4.24. The first kappa shape index (κ1) is 14.5. The summed E-state index contributed by atoms with van der Waals surface area (Å²) in [6.45, 7) is 0.158. The van der Waals surface area contributed by atoms with Gasteiger partial charge in [-0.3, -0.25) is 4.79 Å². The fourth-order valence-electron chi connectivity index (χ4n) is 1.79. The molecule has 21 heavy (non-hydrogen) atoms. The number of benzene rings is 2. The number of rotatable bonds is 5. The number of ether oxygens (including phenoxy) is 2. The van der Waals surface area contributed by atoms with Crippen molar-refractivity contribution in [1.29, 1.82) is 5.26 Å². The molecule has 0 unspecified atom stereocenters. The van der Waals surface area contributed by atoms with Crippen LogP contribution in [0.15, 0.2) is 36.4 Å². The minimum absolute atomic E-state index is 0.0284.